The number of nitro groups is 2. The van der Waals surface area contributed by atoms with Crippen molar-refractivity contribution in [3.63, 3.8) is 0 Å². The van der Waals surface area contributed by atoms with E-state index in [1.807, 2.05) is 0 Å². The molecule has 0 atom stereocenters. The minimum Gasteiger partial charge on any atom is -0.350 e. The molecule has 0 heterocycles. The maximum absolute atomic E-state index is 13.2. The van der Waals surface area contributed by atoms with Crippen LogP contribution in [0.2, 0.25) is 0 Å². The van der Waals surface area contributed by atoms with E-state index in [0.29, 0.717) is 11.3 Å². The van der Waals surface area contributed by atoms with Crippen LogP contribution in [0.25, 0.3) is 0 Å². The normalized spacial score (nSPS) is 10.2. The zero-order valence-corrected chi connectivity index (χ0v) is 10.9. The van der Waals surface area contributed by atoms with E-state index in [9.17, 15) is 24.6 Å². The third kappa shape index (κ3) is 3.11. The summed E-state index contributed by atoms with van der Waals surface area (Å²) >= 11 is 0. The summed E-state index contributed by atoms with van der Waals surface area (Å²) in [5, 5.41) is 24.4. The zero-order valence-electron chi connectivity index (χ0n) is 10.9. The van der Waals surface area contributed by atoms with Crippen LogP contribution in [-0.2, 0) is 0 Å². The highest BCUT2D eigenvalue weighted by molar-refractivity contribution is 5.71. The number of benzene rings is 2. The maximum Gasteiger partial charge on any atom is 0.299 e. The first-order valence-electron chi connectivity index (χ1n) is 5.84. The number of halogens is 1. The quantitative estimate of drug-likeness (QED) is 0.684. The summed E-state index contributed by atoms with van der Waals surface area (Å²) in [6.07, 6.45) is 0. The highest BCUT2D eigenvalue weighted by Gasteiger charge is 2.19. The molecule has 0 amide bonds. The second-order valence-corrected chi connectivity index (χ2v) is 4.30. The smallest absolute Gasteiger partial charge is 0.299 e. The van der Waals surface area contributed by atoms with Crippen molar-refractivity contribution in [2.24, 2.45) is 0 Å². The Bertz CT molecular complexity index is 733. The van der Waals surface area contributed by atoms with Crippen molar-refractivity contribution >= 4 is 22.7 Å². The molecule has 0 aliphatic rings. The lowest BCUT2D eigenvalue weighted by Crippen LogP contribution is -1.99. The van der Waals surface area contributed by atoms with Gasteiger partial charge in [0.25, 0.3) is 11.4 Å². The number of nitro benzene ring substituents is 2. The summed E-state index contributed by atoms with van der Waals surface area (Å²) in [5.41, 5.74) is 0.126. The van der Waals surface area contributed by atoms with Crippen molar-refractivity contribution < 1.29 is 14.2 Å². The van der Waals surface area contributed by atoms with Crippen molar-refractivity contribution in [3.8, 4) is 0 Å². The summed E-state index contributed by atoms with van der Waals surface area (Å²) in [6, 6.07) is 7.42. The molecular weight excluding hydrogens is 281 g/mol. The van der Waals surface area contributed by atoms with Crippen LogP contribution in [0.1, 0.15) is 5.56 Å². The third-order valence-corrected chi connectivity index (χ3v) is 2.83. The van der Waals surface area contributed by atoms with Gasteiger partial charge in [-0.05, 0) is 36.8 Å². The van der Waals surface area contributed by atoms with Crippen LogP contribution in [0.4, 0.5) is 27.1 Å². The fourth-order valence-corrected chi connectivity index (χ4v) is 1.77. The second kappa shape index (κ2) is 5.53. The Morgan fingerprint density at radius 1 is 1.05 bits per heavy atom. The van der Waals surface area contributed by atoms with Crippen molar-refractivity contribution in [3.05, 3.63) is 68.0 Å². The van der Waals surface area contributed by atoms with Crippen molar-refractivity contribution in [2.45, 2.75) is 6.92 Å². The first-order chi connectivity index (χ1) is 9.88. The van der Waals surface area contributed by atoms with Gasteiger partial charge < -0.3 is 5.32 Å². The number of anilines is 2. The van der Waals surface area contributed by atoms with Crippen LogP contribution >= 0.6 is 0 Å². The molecular formula is C13H10FN3O4. The van der Waals surface area contributed by atoms with Crippen LogP contribution in [0.15, 0.2) is 36.4 Å². The fraction of sp³-hybridized carbons (Fsp3) is 0.0769. The molecule has 1 N–H and O–H groups in total. The summed E-state index contributed by atoms with van der Waals surface area (Å²) in [5.74, 6) is -0.390. The third-order valence-electron chi connectivity index (χ3n) is 2.83. The lowest BCUT2D eigenvalue weighted by Gasteiger charge is -2.08. The maximum atomic E-state index is 13.2. The Kier molecular flexibility index (Phi) is 3.79. The molecule has 0 radical (unpaired) electrons. The molecule has 0 aliphatic carbocycles. The van der Waals surface area contributed by atoms with Gasteiger partial charge in [0.05, 0.1) is 15.9 Å². The molecule has 0 unspecified atom stereocenters. The van der Waals surface area contributed by atoms with Gasteiger partial charge >= 0.3 is 0 Å². The van der Waals surface area contributed by atoms with E-state index in [4.69, 9.17) is 0 Å². The lowest BCUT2D eigenvalue weighted by molar-refractivity contribution is -0.393. The molecule has 21 heavy (non-hydrogen) atoms. The molecule has 108 valence electrons. The van der Waals surface area contributed by atoms with Gasteiger partial charge in [0.1, 0.15) is 11.5 Å². The topological polar surface area (TPSA) is 98.3 Å². The standard InChI is InChI=1S/C13H10FN3O4/c1-8-6-9(2-4-11(8)14)15-12-5-3-10(16(18)19)7-13(12)17(20)21/h2-7,15H,1H3. The van der Waals surface area contributed by atoms with Gasteiger partial charge in [-0.1, -0.05) is 0 Å². The minimum atomic E-state index is -0.717. The molecule has 2 aromatic carbocycles. The van der Waals surface area contributed by atoms with Crippen LogP contribution in [-0.4, -0.2) is 9.85 Å². The second-order valence-electron chi connectivity index (χ2n) is 4.30. The number of nitrogens with zero attached hydrogens (tertiary/aromatic N) is 2. The zero-order chi connectivity index (χ0) is 15.6. The molecule has 0 saturated carbocycles. The number of aryl methyl sites for hydroxylation is 1. The van der Waals surface area contributed by atoms with E-state index in [2.05, 4.69) is 5.32 Å². The van der Waals surface area contributed by atoms with Crippen molar-refractivity contribution in [1.29, 1.82) is 0 Å². The molecule has 0 saturated heterocycles. The van der Waals surface area contributed by atoms with Gasteiger partial charge in [0, 0.05) is 11.8 Å². The number of rotatable bonds is 4. The average molecular weight is 291 g/mol. The van der Waals surface area contributed by atoms with Crippen LogP contribution in [0.5, 0.6) is 0 Å². The molecule has 2 aromatic rings. The number of nitrogens with one attached hydrogen (secondary N) is 1. The molecule has 0 spiro atoms. The van der Waals surface area contributed by atoms with E-state index in [-0.39, 0.29) is 11.4 Å². The summed E-state index contributed by atoms with van der Waals surface area (Å²) < 4.78 is 13.2. The van der Waals surface area contributed by atoms with E-state index < -0.39 is 21.4 Å². The number of non-ortho nitro benzene ring substituents is 1. The molecule has 7 nitrogen and oxygen atoms in total. The predicted octanol–water partition coefficient (Wildman–Crippen LogP) is 3.69. The largest absolute Gasteiger partial charge is 0.350 e. The predicted molar refractivity (Wildman–Crippen MR) is 74.2 cm³/mol. The molecule has 2 rings (SSSR count). The Balaban J connectivity index is 2.41. The van der Waals surface area contributed by atoms with Crippen LogP contribution in [0.3, 0.4) is 0 Å². The first-order valence-corrected chi connectivity index (χ1v) is 5.84. The molecule has 0 bridgehead atoms. The van der Waals surface area contributed by atoms with Gasteiger partial charge in [0.2, 0.25) is 0 Å². The minimum absolute atomic E-state index is 0.0941. The Morgan fingerprint density at radius 2 is 1.76 bits per heavy atom. The summed E-state index contributed by atoms with van der Waals surface area (Å²) in [7, 11) is 0. The van der Waals surface area contributed by atoms with E-state index in [0.717, 1.165) is 12.1 Å². The number of hydrogen-bond acceptors (Lipinski definition) is 5. The Labute approximate surface area is 118 Å². The van der Waals surface area contributed by atoms with Crippen LogP contribution in [0, 0.1) is 33.0 Å². The van der Waals surface area contributed by atoms with Gasteiger partial charge in [-0.15, -0.1) is 0 Å². The van der Waals surface area contributed by atoms with E-state index >= 15 is 0 Å². The molecule has 0 aliphatic heterocycles. The van der Waals surface area contributed by atoms with Gasteiger partial charge in [0.15, 0.2) is 0 Å². The first kappa shape index (κ1) is 14.4. The average Bonchev–Trinajstić information content (AvgIpc) is 2.43. The summed E-state index contributed by atoms with van der Waals surface area (Å²) in [4.78, 5) is 20.2. The molecule has 0 fully saturated rings. The number of hydrogen-bond donors (Lipinski definition) is 1. The van der Waals surface area contributed by atoms with Gasteiger partial charge in [-0.3, -0.25) is 20.2 Å². The molecule has 8 heteroatoms. The molecule has 0 aromatic heterocycles. The van der Waals surface area contributed by atoms with Crippen molar-refractivity contribution in [2.75, 3.05) is 5.32 Å². The van der Waals surface area contributed by atoms with Gasteiger partial charge in [-0.2, -0.15) is 0 Å². The van der Waals surface area contributed by atoms with Gasteiger partial charge in [-0.25, -0.2) is 4.39 Å². The Hall–Kier alpha value is -3.03. The fourth-order valence-electron chi connectivity index (χ4n) is 1.77. The monoisotopic (exact) mass is 291 g/mol. The van der Waals surface area contributed by atoms with E-state index in [1.165, 1.54) is 24.3 Å². The highest BCUT2D eigenvalue weighted by atomic mass is 19.1. The summed E-state index contributed by atoms with van der Waals surface area (Å²) in [6.45, 7) is 1.56. The highest BCUT2D eigenvalue weighted by Crippen LogP contribution is 2.31. The lowest BCUT2D eigenvalue weighted by atomic mass is 10.2. The van der Waals surface area contributed by atoms with Crippen molar-refractivity contribution in [1.82, 2.24) is 0 Å². The Morgan fingerprint density at radius 3 is 2.33 bits per heavy atom. The SMILES string of the molecule is Cc1cc(Nc2ccc([N+](=O)[O-])cc2[N+](=O)[O-])ccc1F. The van der Waals surface area contributed by atoms with Crippen LogP contribution < -0.4 is 5.32 Å². The van der Waals surface area contributed by atoms with E-state index in [1.54, 1.807) is 6.92 Å².